The lowest BCUT2D eigenvalue weighted by Crippen LogP contribution is -2.36. The normalized spacial score (nSPS) is 10.8. The first-order valence-corrected chi connectivity index (χ1v) is 10.2. The molecular formula is C21H17ClN4O2S. The number of carbonyl (C=O) groups excluding carboxylic acids is 2. The quantitative estimate of drug-likeness (QED) is 0.419. The van der Waals surface area contributed by atoms with Crippen LogP contribution in [0.5, 0.6) is 0 Å². The van der Waals surface area contributed by atoms with E-state index in [9.17, 15) is 9.59 Å². The molecule has 0 aliphatic heterocycles. The minimum absolute atomic E-state index is 0.363. The molecule has 0 bridgehead atoms. The fourth-order valence-electron chi connectivity index (χ4n) is 2.97. The Balaban J connectivity index is 1.30. The maximum atomic E-state index is 12.1. The number of rotatable bonds is 5. The summed E-state index contributed by atoms with van der Waals surface area (Å²) < 4.78 is 0. The molecule has 2 aromatic heterocycles. The number of thiazole rings is 1. The minimum Gasteiger partial charge on any atom is -0.361 e. The zero-order valence-corrected chi connectivity index (χ0v) is 16.8. The monoisotopic (exact) mass is 424 g/mol. The van der Waals surface area contributed by atoms with Crippen molar-refractivity contribution in [2.24, 2.45) is 0 Å². The van der Waals surface area contributed by atoms with Crippen LogP contribution < -0.4 is 10.6 Å². The van der Waals surface area contributed by atoms with Gasteiger partial charge in [-0.25, -0.2) is 4.98 Å². The lowest BCUT2D eigenvalue weighted by molar-refractivity contribution is -0.136. The fraction of sp³-hybridized carbons (Fsp3) is 0.0952. The second-order valence-corrected chi connectivity index (χ2v) is 7.66. The first kappa shape index (κ1) is 19.2. The summed E-state index contributed by atoms with van der Waals surface area (Å²) in [7, 11) is 0. The van der Waals surface area contributed by atoms with Crippen LogP contribution in [0.2, 0.25) is 5.02 Å². The molecule has 4 aromatic rings. The molecule has 3 N–H and O–H groups in total. The van der Waals surface area contributed by atoms with E-state index in [0.29, 0.717) is 28.8 Å². The summed E-state index contributed by atoms with van der Waals surface area (Å²) in [5, 5.41) is 9.12. The van der Waals surface area contributed by atoms with Crippen LogP contribution >= 0.6 is 22.9 Å². The molecule has 0 atom stereocenters. The Morgan fingerprint density at radius 2 is 1.86 bits per heavy atom. The smallest absolute Gasteiger partial charge is 0.315 e. The van der Waals surface area contributed by atoms with E-state index < -0.39 is 11.8 Å². The Kier molecular flexibility index (Phi) is 5.59. The van der Waals surface area contributed by atoms with Crippen molar-refractivity contribution in [3.63, 3.8) is 0 Å². The molecule has 146 valence electrons. The Morgan fingerprint density at radius 3 is 2.69 bits per heavy atom. The molecule has 0 aliphatic rings. The number of fused-ring (bicyclic) bond motifs is 1. The topological polar surface area (TPSA) is 86.9 Å². The highest BCUT2D eigenvalue weighted by molar-refractivity contribution is 7.14. The minimum atomic E-state index is -0.735. The van der Waals surface area contributed by atoms with Gasteiger partial charge in [-0.05, 0) is 30.2 Å². The van der Waals surface area contributed by atoms with Gasteiger partial charge in [0.15, 0.2) is 5.13 Å². The van der Waals surface area contributed by atoms with Gasteiger partial charge in [0.2, 0.25) is 0 Å². The van der Waals surface area contributed by atoms with Crippen molar-refractivity contribution in [2.45, 2.75) is 6.42 Å². The first-order chi connectivity index (χ1) is 14.1. The summed E-state index contributed by atoms with van der Waals surface area (Å²) in [6.45, 7) is 0.363. The summed E-state index contributed by atoms with van der Waals surface area (Å²) in [6, 6.07) is 15.2. The lowest BCUT2D eigenvalue weighted by atomic mass is 10.1. The number of amides is 2. The summed E-state index contributed by atoms with van der Waals surface area (Å²) in [5.74, 6) is -1.42. The molecule has 2 aromatic carbocycles. The standard InChI is InChI=1S/C21H17ClN4O2S/c22-15-7-5-13(6-8-15)18-12-29-21(25-18)26-20(28)19(27)23-10-9-14-11-24-17-4-2-1-3-16(14)17/h1-8,11-12,24H,9-10H2,(H,23,27)(H,25,26,28). The third kappa shape index (κ3) is 4.47. The molecule has 2 heterocycles. The summed E-state index contributed by atoms with van der Waals surface area (Å²) in [5.41, 5.74) is 3.73. The largest absolute Gasteiger partial charge is 0.361 e. The number of anilines is 1. The molecule has 8 heteroatoms. The van der Waals surface area contributed by atoms with Gasteiger partial charge in [-0.2, -0.15) is 0 Å². The SMILES string of the molecule is O=C(NCCc1c[nH]c2ccccc12)C(=O)Nc1nc(-c2ccc(Cl)cc2)cs1. The zero-order chi connectivity index (χ0) is 20.2. The molecule has 0 unspecified atom stereocenters. The van der Waals surface area contributed by atoms with Gasteiger partial charge in [-0.1, -0.05) is 41.9 Å². The van der Waals surface area contributed by atoms with E-state index in [-0.39, 0.29) is 0 Å². The number of aromatic nitrogens is 2. The average molecular weight is 425 g/mol. The second kappa shape index (κ2) is 8.46. The number of hydrogen-bond donors (Lipinski definition) is 3. The Morgan fingerprint density at radius 1 is 1.07 bits per heavy atom. The van der Waals surface area contributed by atoms with Crippen LogP contribution in [-0.2, 0) is 16.0 Å². The number of hydrogen-bond acceptors (Lipinski definition) is 4. The van der Waals surface area contributed by atoms with Gasteiger partial charge in [0.1, 0.15) is 0 Å². The van der Waals surface area contributed by atoms with Crippen molar-refractivity contribution in [3.05, 3.63) is 70.7 Å². The molecule has 4 rings (SSSR count). The molecule has 6 nitrogen and oxygen atoms in total. The van der Waals surface area contributed by atoms with Crippen LogP contribution in [0.1, 0.15) is 5.56 Å². The number of benzene rings is 2. The van der Waals surface area contributed by atoms with E-state index in [1.165, 1.54) is 11.3 Å². The third-order valence-electron chi connectivity index (χ3n) is 4.43. The second-order valence-electron chi connectivity index (χ2n) is 6.36. The first-order valence-electron chi connectivity index (χ1n) is 8.96. The van der Waals surface area contributed by atoms with Crippen molar-refractivity contribution < 1.29 is 9.59 Å². The van der Waals surface area contributed by atoms with Gasteiger partial charge in [0.05, 0.1) is 5.69 Å². The van der Waals surface area contributed by atoms with Gasteiger partial charge in [0, 0.05) is 39.6 Å². The molecule has 0 aliphatic carbocycles. The van der Waals surface area contributed by atoms with Gasteiger partial charge in [-0.3, -0.25) is 14.9 Å². The maximum Gasteiger partial charge on any atom is 0.315 e. The van der Waals surface area contributed by atoms with Crippen molar-refractivity contribution in [1.29, 1.82) is 0 Å². The number of aromatic amines is 1. The molecule has 0 fully saturated rings. The fourth-order valence-corrected chi connectivity index (χ4v) is 3.81. The van der Waals surface area contributed by atoms with Crippen LogP contribution in [0.25, 0.3) is 22.2 Å². The van der Waals surface area contributed by atoms with Crippen LogP contribution in [0, 0.1) is 0 Å². The molecule has 0 spiro atoms. The van der Waals surface area contributed by atoms with E-state index in [1.807, 2.05) is 48.0 Å². The van der Waals surface area contributed by atoms with E-state index in [2.05, 4.69) is 20.6 Å². The predicted octanol–water partition coefficient (Wildman–Crippen LogP) is 4.24. The van der Waals surface area contributed by atoms with Crippen molar-refractivity contribution in [3.8, 4) is 11.3 Å². The highest BCUT2D eigenvalue weighted by Gasteiger charge is 2.15. The van der Waals surface area contributed by atoms with Crippen molar-refractivity contribution in [2.75, 3.05) is 11.9 Å². The highest BCUT2D eigenvalue weighted by atomic mass is 35.5. The summed E-state index contributed by atoms with van der Waals surface area (Å²) in [6.07, 6.45) is 2.55. The molecule has 0 saturated heterocycles. The van der Waals surface area contributed by atoms with Crippen LogP contribution in [0.15, 0.2) is 60.1 Å². The lowest BCUT2D eigenvalue weighted by Gasteiger charge is -2.04. The number of nitrogens with zero attached hydrogens (tertiary/aromatic N) is 1. The number of nitrogens with one attached hydrogen (secondary N) is 3. The van der Waals surface area contributed by atoms with Crippen molar-refractivity contribution >= 4 is 50.8 Å². The average Bonchev–Trinajstić information content (AvgIpc) is 3.36. The van der Waals surface area contributed by atoms with E-state index >= 15 is 0 Å². The third-order valence-corrected chi connectivity index (χ3v) is 5.44. The van der Waals surface area contributed by atoms with E-state index in [1.54, 1.807) is 12.1 Å². The Labute approximate surface area is 175 Å². The van der Waals surface area contributed by atoms with Gasteiger partial charge < -0.3 is 10.3 Å². The van der Waals surface area contributed by atoms with Gasteiger partial charge >= 0.3 is 11.8 Å². The zero-order valence-electron chi connectivity index (χ0n) is 15.2. The van der Waals surface area contributed by atoms with E-state index in [4.69, 9.17) is 11.6 Å². The molecule has 0 saturated carbocycles. The Bertz CT molecular complexity index is 1170. The predicted molar refractivity (Wildman–Crippen MR) is 116 cm³/mol. The van der Waals surface area contributed by atoms with Crippen molar-refractivity contribution in [1.82, 2.24) is 15.3 Å². The molecule has 0 radical (unpaired) electrons. The number of H-pyrrole nitrogens is 1. The maximum absolute atomic E-state index is 12.1. The van der Waals surface area contributed by atoms with Crippen LogP contribution in [0.3, 0.4) is 0 Å². The number of para-hydroxylation sites is 1. The highest BCUT2D eigenvalue weighted by Crippen LogP contribution is 2.26. The number of halogens is 1. The number of carbonyl (C=O) groups is 2. The van der Waals surface area contributed by atoms with Crippen LogP contribution in [-0.4, -0.2) is 28.3 Å². The van der Waals surface area contributed by atoms with Gasteiger partial charge in [-0.15, -0.1) is 11.3 Å². The summed E-state index contributed by atoms with van der Waals surface area (Å²) in [4.78, 5) is 31.8. The van der Waals surface area contributed by atoms with E-state index in [0.717, 1.165) is 22.0 Å². The van der Waals surface area contributed by atoms with Gasteiger partial charge in [0.25, 0.3) is 0 Å². The van der Waals surface area contributed by atoms with Crippen LogP contribution in [0.4, 0.5) is 5.13 Å². The molecule has 29 heavy (non-hydrogen) atoms. The summed E-state index contributed by atoms with van der Waals surface area (Å²) >= 11 is 7.15. The Hall–Kier alpha value is -3.16. The molecular weight excluding hydrogens is 408 g/mol. The molecule has 2 amide bonds.